The van der Waals surface area contributed by atoms with Gasteiger partial charge in [0, 0.05) is 29.3 Å². The molecule has 4 heteroatoms. The summed E-state index contributed by atoms with van der Waals surface area (Å²) in [5.74, 6) is 0. The van der Waals surface area contributed by atoms with Crippen molar-refractivity contribution >= 4 is 21.6 Å². The van der Waals surface area contributed by atoms with E-state index in [-0.39, 0.29) is 6.61 Å². The Morgan fingerprint density at radius 3 is 2.68 bits per heavy atom. The normalized spacial score (nSPS) is 15.9. The smallest absolute Gasteiger partial charge is 0.0606 e. The number of aliphatic hydroxyl groups is 1. The monoisotopic (exact) mass is 326 g/mol. The lowest BCUT2D eigenvalue weighted by Crippen LogP contribution is -2.35. The lowest BCUT2D eigenvalue weighted by Gasteiger charge is -2.31. The van der Waals surface area contributed by atoms with E-state index in [0.29, 0.717) is 6.04 Å². The van der Waals surface area contributed by atoms with Gasteiger partial charge in [0.25, 0.3) is 0 Å². The topological polar surface area (TPSA) is 35.5 Å². The van der Waals surface area contributed by atoms with E-state index in [1.807, 2.05) is 7.05 Å². The van der Waals surface area contributed by atoms with Crippen LogP contribution in [0.25, 0.3) is 0 Å². The maximum atomic E-state index is 9.30. The van der Waals surface area contributed by atoms with Gasteiger partial charge < -0.3 is 15.3 Å². The zero-order valence-electron chi connectivity index (χ0n) is 11.5. The largest absolute Gasteiger partial charge is 0.395 e. The highest BCUT2D eigenvalue weighted by Crippen LogP contribution is 2.30. The van der Waals surface area contributed by atoms with Gasteiger partial charge in [-0.15, -0.1) is 0 Å². The van der Waals surface area contributed by atoms with E-state index in [2.05, 4.69) is 44.3 Å². The van der Waals surface area contributed by atoms with Crippen LogP contribution in [-0.2, 0) is 6.54 Å². The maximum absolute atomic E-state index is 9.30. The Morgan fingerprint density at radius 2 is 2.11 bits per heavy atom. The van der Waals surface area contributed by atoms with E-state index in [1.165, 1.54) is 36.9 Å². The summed E-state index contributed by atoms with van der Waals surface area (Å²) in [6, 6.07) is 7.11. The Hall–Kier alpha value is -0.580. The van der Waals surface area contributed by atoms with Crippen LogP contribution in [0.1, 0.15) is 31.2 Å². The third kappa shape index (κ3) is 3.71. The van der Waals surface area contributed by atoms with E-state index in [1.54, 1.807) is 0 Å². The van der Waals surface area contributed by atoms with Gasteiger partial charge in [0.05, 0.1) is 6.61 Å². The minimum atomic E-state index is 0.215. The zero-order valence-corrected chi connectivity index (χ0v) is 13.1. The van der Waals surface area contributed by atoms with E-state index in [9.17, 15) is 5.11 Å². The summed E-state index contributed by atoms with van der Waals surface area (Å²) in [6.45, 7) is 1.80. The van der Waals surface area contributed by atoms with Crippen LogP contribution < -0.4 is 10.2 Å². The maximum Gasteiger partial charge on any atom is 0.0606 e. The predicted molar refractivity (Wildman–Crippen MR) is 83.6 cm³/mol. The number of benzene rings is 1. The first kappa shape index (κ1) is 14.8. The molecule has 106 valence electrons. The van der Waals surface area contributed by atoms with Crippen LogP contribution in [0, 0.1) is 0 Å². The van der Waals surface area contributed by atoms with Gasteiger partial charge in [-0.1, -0.05) is 34.8 Å². The number of rotatable bonds is 6. The van der Waals surface area contributed by atoms with E-state index < -0.39 is 0 Å². The molecule has 2 N–H and O–H groups in total. The highest BCUT2D eigenvalue weighted by Gasteiger charge is 2.22. The van der Waals surface area contributed by atoms with Crippen LogP contribution in [0.15, 0.2) is 22.7 Å². The molecule has 0 unspecified atom stereocenters. The van der Waals surface area contributed by atoms with Crippen molar-refractivity contribution in [2.45, 2.75) is 38.3 Å². The first-order valence-electron chi connectivity index (χ1n) is 7.06. The van der Waals surface area contributed by atoms with Crippen molar-refractivity contribution < 1.29 is 5.11 Å². The van der Waals surface area contributed by atoms with E-state index >= 15 is 0 Å². The molecule has 0 aliphatic heterocycles. The van der Waals surface area contributed by atoms with Gasteiger partial charge in [0.2, 0.25) is 0 Å². The first-order valence-corrected chi connectivity index (χ1v) is 7.86. The number of hydrogen-bond donors (Lipinski definition) is 2. The van der Waals surface area contributed by atoms with Crippen LogP contribution in [0.2, 0.25) is 0 Å². The number of anilines is 1. The van der Waals surface area contributed by atoms with Crippen LogP contribution in [0.3, 0.4) is 0 Å². The molecule has 3 nitrogen and oxygen atoms in total. The summed E-state index contributed by atoms with van der Waals surface area (Å²) in [4.78, 5) is 2.36. The summed E-state index contributed by atoms with van der Waals surface area (Å²) >= 11 is 3.65. The van der Waals surface area contributed by atoms with Gasteiger partial charge in [-0.25, -0.2) is 0 Å². The highest BCUT2D eigenvalue weighted by molar-refractivity contribution is 9.10. The molecule has 19 heavy (non-hydrogen) atoms. The molecule has 0 atom stereocenters. The Balaban J connectivity index is 2.18. The fourth-order valence-electron chi connectivity index (χ4n) is 2.89. The molecule has 0 amide bonds. The Kier molecular flexibility index (Phi) is 5.67. The third-order valence-corrected chi connectivity index (χ3v) is 4.58. The van der Waals surface area contributed by atoms with Crippen molar-refractivity contribution in [1.82, 2.24) is 5.32 Å². The Morgan fingerprint density at radius 1 is 1.37 bits per heavy atom. The number of aliphatic hydroxyl groups excluding tert-OH is 1. The average molecular weight is 327 g/mol. The Bertz CT molecular complexity index is 405. The van der Waals surface area contributed by atoms with Gasteiger partial charge in [-0.2, -0.15) is 0 Å². The summed E-state index contributed by atoms with van der Waals surface area (Å²) in [5.41, 5.74) is 2.48. The standard InChI is InChI=1S/C15H23BrN2O/c1-17-11-12-6-7-14(10-15(12)16)18(8-9-19)13-4-2-3-5-13/h6-7,10,13,17,19H,2-5,8-9,11H2,1H3. The van der Waals surface area contributed by atoms with Gasteiger partial charge in [0.15, 0.2) is 0 Å². The molecule has 1 aliphatic carbocycles. The van der Waals surface area contributed by atoms with Gasteiger partial charge in [-0.3, -0.25) is 0 Å². The number of nitrogens with zero attached hydrogens (tertiary/aromatic N) is 1. The molecule has 1 aromatic rings. The van der Waals surface area contributed by atoms with E-state index in [0.717, 1.165) is 17.6 Å². The third-order valence-electron chi connectivity index (χ3n) is 3.84. The summed E-state index contributed by atoms with van der Waals surface area (Å²) in [7, 11) is 1.96. The van der Waals surface area contributed by atoms with Crippen LogP contribution in [0.4, 0.5) is 5.69 Å². The van der Waals surface area contributed by atoms with Crippen molar-refractivity contribution in [2.75, 3.05) is 25.1 Å². The average Bonchev–Trinajstić information content (AvgIpc) is 2.92. The molecule has 0 spiro atoms. The van der Waals surface area contributed by atoms with Gasteiger partial charge in [-0.05, 0) is 37.6 Å². The second-order valence-corrected chi connectivity index (χ2v) is 6.02. The molecule has 0 saturated heterocycles. The van der Waals surface area contributed by atoms with Gasteiger partial charge in [0.1, 0.15) is 0 Å². The lowest BCUT2D eigenvalue weighted by atomic mass is 10.1. The molecule has 1 aliphatic rings. The molecule has 0 heterocycles. The SMILES string of the molecule is CNCc1ccc(N(CCO)C2CCCC2)cc1Br. The van der Waals surface area contributed by atoms with Crippen molar-refractivity contribution in [1.29, 1.82) is 0 Å². The van der Waals surface area contributed by atoms with Crippen LogP contribution >= 0.6 is 15.9 Å². The van der Waals surface area contributed by atoms with Crippen molar-refractivity contribution in [2.24, 2.45) is 0 Å². The molecule has 0 bridgehead atoms. The van der Waals surface area contributed by atoms with Crippen LogP contribution in [-0.4, -0.2) is 31.3 Å². The lowest BCUT2D eigenvalue weighted by molar-refractivity contribution is 0.297. The molecule has 2 rings (SSSR count). The fraction of sp³-hybridized carbons (Fsp3) is 0.600. The summed E-state index contributed by atoms with van der Waals surface area (Å²) < 4.78 is 1.14. The van der Waals surface area contributed by atoms with Crippen molar-refractivity contribution in [3.05, 3.63) is 28.2 Å². The quantitative estimate of drug-likeness (QED) is 0.843. The van der Waals surface area contributed by atoms with Crippen molar-refractivity contribution in [3.8, 4) is 0 Å². The van der Waals surface area contributed by atoms with Gasteiger partial charge >= 0.3 is 0 Å². The minimum Gasteiger partial charge on any atom is -0.395 e. The number of hydrogen-bond acceptors (Lipinski definition) is 3. The summed E-state index contributed by atoms with van der Waals surface area (Å²) in [5, 5.41) is 12.5. The second kappa shape index (κ2) is 7.27. The molecule has 1 aromatic carbocycles. The summed E-state index contributed by atoms with van der Waals surface area (Å²) in [6.07, 6.45) is 5.11. The second-order valence-electron chi connectivity index (χ2n) is 5.16. The predicted octanol–water partition coefficient (Wildman–Crippen LogP) is 2.91. The highest BCUT2D eigenvalue weighted by atomic mass is 79.9. The number of nitrogens with one attached hydrogen (secondary N) is 1. The van der Waals surface area contributed by atoms with Crippen LogP contribution in [0.5, 0.6) is 0 Å². The van der Waals surface area contributed by atoms with E-state index in [4.69, 9.17) is 0 Å². The fourth-order valence-corrected chi connectivity index (χ4v) is 3.40. The molecule has 1 fully saturated rings. The molecular weight excluding hydrogens is 304 g/mol. The molecule has 0 aromatic heterocycles. The van der Waals surface area contributed by atoms with Crippen molar-refractivity contribution in [3.63, 3.8) is 0 Å². The molecule has 0 radical (unpaired) electrons. The number of halogens is 1. The molecular formula is C15H23BrN2O. The zero-order chi connectivity index (χ0) is 13.7. The minimum absolute atomic E-state index is 0.215. The Labute approximate surface area is 124 Å². The molecule has 1 saturated carbocycles. The first-order chi connectivity index (χ1) is 9.26.